The number of nitriles is 1. The Bertz CT molecular complexity index is 399. The Hall–Kier alpha value is -1.34. The quantitative estimate of drug-likeness (QED) is 0.826. The molecule has 86 valence electrons. The lowest BCUT2D eigenvalue weighted by molar-refractivity contribution is 0.0307. The minimum absolute atomic E-state index is 0.605. The third-order valence-corrected chi connectivity index (χ3v) is 3.63. The normalized spacial score (nSPS) is 21.3. The number of aromatic nitrogens is 2. The lowest BCUT2D eigenvalue weighted by Crippen LogP contribution is -2.31. The van der Waals surface area contributed by atoms with Crippen molar-refractivity contribution in [2.24, 2.45) is 12.5 Å². The van der Waals surface area contributed by atoms with E-state index in [1.807, 2.05) is 7.05 Å². The molecule has 1 aliphatic carbocycles. The first-order valence-electron chi connectivity index (χ1n) is 5.75. The fraction of sp³-hybridized carbons (Fsp3) is 0.667. The monoisotopic (exact) mass is 219 g/mol. The Morgan fingerprint density at radius 2 is 2.19 bits per heavy atom. The van der Waals surface area contributed by atoms with Gasteiger partial charge in [0.05, 0.1) is 29.7 Å². The molecule has 1 aromatic heterocycles. The minimum Gasteiger partial charge on any atom is -0.385 e. The number of rotatable bonds is 2. The van der Waals surface area contributed by atoms with E-state index in [1.54, 1.807) is 17.1 Å². The number of hydrogen-bond acceptors (Lipinski definition) is 3. The van der Waals surface area contributed by atoms with E-state index in [0.717, 1.165) is 31.4 Å². The lowest BCUT2D eigenvalue weighted by Gasteiger charge is -2.34. The molecule has 0 amide bonds. The van der Waals surface area contributed by atoms with Gasteiger partial charge in [-0.1, -0.05) is 19.3 Å². The van der Waals surface area contributed by atoms with Crippen molar-refractivity contribution in [3.63, 3.8) is 0 Å². The Morgan fingerprint density at radius 3 is 2.69 bits per heavy atom. The molecule has 2 rings (SSSR count). The molecule has 1 aliphatic rings. The highest BCUT2D eigenvalue weighted by atomic mass is 16.3. The van der Waals surface area contributed by atoms with Crippen LogP contribution in [0.1, 0.15) is 43.9 Å². The molecular formula is C12H17N3O. The second-order valence-electron chi connectivity index (χ2n) is 4.66. The second kappa shape index (κ2) is 4.26. The molecule has 1 fully saturated rings. The maximum atomic E-state index is 10.4. The molecule has 1 N–H and O–H groups in total. The standard InChI is InChI=1S/C12H17N3O/c1-15-9-14-7-10(15)11(16)12(8-13)5-3-2-4-6-12/h7,9,11,16H,2-6H2,1H3. The molecule has 1 aromatic rings. The van der Waals surface area contributed by atoms with Crippen molar-refractivity contribution in [1.29, 1.82) is 5.26 Å². The van der Waals surface area contributed by atoms with Crippen molar-refractivity contribution in [3.05, 3.63) is 18.2 Å². The Labute approximate surface area is 95.5 Å². The highest BCUT2D eigenvalue weighted by Gasteiger charge is 2.41. The average Bonchev–Trinajstić information content (AvgIpc) is 2.75. The van der Waals surface area contributed by atoms with E-state index in [2.05, 4.69) is 11.1 Å². The van der Waals surface area contributed by atoms with Crippen molar-refractivity contribution in [3.8, 4) is 6.07 Å². The Morgan fingerprint density at radius 1 is 1.50 bits per heavy atom. The van der Waals surface area contributed by atoms with Gasteiger partial charge in [-0.3, -0.25) is 0 Å². The molecule has 0 bridgehead atoms. The largest absolute Gasteiger partial charge is 0.385 e. The van der Waals surface area contributed by atoms with Crippen LogP contribution in [0.25, 0.3) is 0 Å². The summed E-state index contributed by atoms with van der Waals surface area (Å²) < 4.78 is 1.79. The van der Waals surface area contributed by atoms with Gasteiger partial charge in [0.15, 0.2) is 0 Å². The highest BCUT2D eigenvalue weighted by Crippen LogP contribution is 2.45. The van der Waals surface area contributed by atoms with Gasteiger partial charge < -0.3 is 9.67 Å². The number of hydrogen-bond donors (Lipinski definition) is 1. The molecule has 1 heterocycles. The molecule has 0 saturated heterocycles. The summed E-state index contributed by atoms with van der Waals surface area (Å²) in [7, 11) is 1.85. The van der Waals surface area contributed by atoms with Crippen LogP contribution < -0.4 is 0 Å². The Balaban J connectivity index is 2.28. The van der Waals surface area contributed by atoms with E-state index in [4.69, 9.17) is 0 Å². The van der Waals surface area contributed by atoms with Crippen molar-refractivity contribution in [2.45, 2.75) is 38.2 Å². The van der Waals surface area contributed by atoms with Gasteiger partial charge in [-0.05, 0) is 12.8 Å². The fourth-order valence-corrected chi connectivity index (χ4v) is 2.54. The van der Waals surface area contributed by atoms with Gasteiger partial charge in [-0.2, -0.15) is 5.26 Å². The predicted molar refractivity (Wildman–Crippen MR) is 59.3 cm³/mol. The van der Waals surface area contributed by atoms with Gasteiger partial charge in [0.25, 0.3) is 0 Å². The summed E-state index contributed by atoms with van der Waals surface area (Å²) in [6, 6.07) is 2.34. The third kappa shape index (κ3) is 1.72. The topological polar surface area (TPSA) is 61.8 Å². The summed E-state index contributed by atoms with van der Waals surface area (Å²) in [5.74, 6) is 0. The smallest absolute Gasteiger partial charge is 0.114 e. The molecule has 0 radical (unpaired) electrons. The van der Waals surface area contributed by atoms with Gasteiger partial charge in [0.1, 0.15) is 6.10 Å². The van der Waals surface area contributed by atoms with Crippen molar-refractivity contribution in [1.82, 2.24) is 9.55 Å². The van der Waals surface area contributed by atoms with Crippen LogP contribution >= 0.6 is 0 Å². The van der Waals surface area contributed by atoms with Crippen LogP contribution in [0.15, 0.2) is 12.5 Å². The van der Waals surface area contributed by atoms with Crippen molar-refractivity contribution >= 4 is 0 Å². The van der Waals surface area contributed by atoms with E-state index in [1.165, 1.54) is 6.42 Å². The summed E-state index contributed by atoms with van der Waals surface area (Å²) in [5, 5.41) is 19.7. The minimum atomic E-state index is -0.717. The highest BCUT2D eigenvalue weighted by molar-refractivity contribution is 5.15. The SMILES string of the molecule is Cn1cncc1C(O)C1(C#N)CCCCC1. The van der Waals surface area contributed by atoms with Crippen LogP contribution in [0.2, 0.25) is 0 Å². The van der Waals surface area contributed by atoms with Crippen LogP contribution in [-0.2, 0) is 7.05 Å². The number of aliphatic hydroxyl groups excluding tert-OH is 1. The molecule has 1 atom stereocenters. The molecule has 16 heavy (non-hydrogen) atoms. The van der Waals surface area contributed by atoms with Crippen LogP contribution in [0, 0.1) is 16.7 Å². The van der Waals surface area contributed by atoms with Gasteiger partial charge in [0.2, 0.25) is 0 Å². The van der Waals surface area contributed by atoms with Gasteiger partial charge >= 0.3 is 0 Å². The summed E-state index contributed by atoms with van der Waals surface area (Å²) in [4.78, 5) is 4.00. The summed E-state index contributed by atoms with van der Waals surface area (Å²) in [6.07, 6.45) is 7.40. The fourth-order valence-electron chi connectivity index (χ4n) is 2.54. The number of aliphatic hydroxyl groups is 1. The molecule has 0 spiro atoms. The van der Waals surface area contributed by atoms with E-state index >= 15 is 0 Å². The van der Waals surface area contributed by atoms with Gasteiger partial charge in [-0.25, -0.2) is 4.98 Å². The summed E-state index contributed by atoms with van der Waals surface area (Å²) >= 11 is 0. The maximum absolute atomic E-state index is 10.4. The van der Waals surface area contributed by atoms with Crippen LogP contribution in [0.5, 0.6) is 0 Å². The zero-order chi connectivity index (χ0) is 11.6. The summed E-state index contributed by atoms with van der Waals surface area (Å²) in [6.45, 7) is 0. The molecule has 1 saturated carbocycles. The van der Waals surface area contributed by atoms with Crippen molar-refractivity contribution in [2.75, 3.05) is 0 Å². The molecule has 0 aromatic carbocycles. The van der Waals surface area contributed by atoms with E-state index in [0.29, 0.717) is 0 Å². The van der Waals surface area contributed by atoms with E-state index in [-0.39, 0.29) is 0 Å². The summed E-state index contributed by atoms with van der Waals surface area (Å²) in [5.41, 5.74) is 0.134. The number of nitrogens with zero attached hydrogens (tertiary/aromatic N) is 3. The van der Waals surface area contributed by atoms with Gasteiger partial charge in [-0.15, -0.1) is 0 Å². The van der Waals surface area contributed by atoms with Crippen LogP contribution in [-0.4, -0.2) is 14.7 Å². The first kappa shape index (κ1) is 11.2. The Kier molecular flexibility index (Phi) is 2.97. The van der Waals surface area contributed by atoms with Crippen LogP contribution in [0.3, 0.4) is 0 Å². The predicted octanol–water partition coefficient (Wildman–Crippen LogP) is 1.93. The first-order valence-corrected chi connectivity index (χ1v) is 5.75. The molecule has 1 unspecified atom stereocenters. The zero-order valence-corrected chi connectivity index (χ0v) is 9.56. The lowest BCUT2D eigenvalue weighted by atomic mass is 9.70. The average molecular weight is 219 g/mol. The molecule has 4 nitrogen and oxygen atoms in total. The molecule has 0 aliphatic heterocycles. The molecule has 4 heteroatoms. The zero-order valence-electron chi connectivity index (χ0n) is 9.56. The molecular weight excluding hydrogens is 202 g/mol. The van der Waals surface area contributed by atoms with E-state index < -0.39 is 11.5 Å². The maximum Gasteiger partial charge on any atom is 0.114 e. The third-order valence-electron chi connectivity index (χ3n) is 3.63. The number of aryl methyl sites for hydroxylation is 1. The van der Waals surface area contributed by atoms with Gasteiger partial charge in [0, 0.05) is 7.05 Å². The first-order chi connectivity index (χ1) is 7.69. The van der Waals surface area contributed by atoms with E-state index in [9.17, 15) is 10.4 Å². The van der Waals surface area contributed by atoms with Crippen LogP contribution in [0.4, 0.5) is 0 Å². The number of imidazole rings is 1. The van der Waals surface area contributed by atoms with Crippen molar-refractivity contribution < 1.29 is 5.11 Å². The second-order valence-corrected chi connectivity index (χ2v) is 4.66.